The summed E-state index contributed by atoms with van der Waals surface area (Å²) in [5, 5.41) is 0. The van der Waals surface area contributed by atoms with E-state index in [4.69, 9.17) is 19.2 Å². The second-order valence-electron chi connectivity index (χ2n) is 0.447. The fraction of sp³-hybridized carbons (Fsp3) is 0. The van der Waals surface area contributed by atoms with Gasteiger partial charge in [-0.25, -0.2) is 0 Å². The molecule has 0 aromatic heterocycles. The molecule has 0 aliphatic rings. The predicted molar refractivity (Wildman–Crippen MR) is 19.1 cm³/mol. The van der Waals surface area contributed by atoms with Crippen molar-refractivity contribution in [2.24, 2.45) is 0 Å². The van der Waals surface area contributed by atoms with Crippen LogP contribution in [0.2, 0.25) is 0 Å². The van der Waals surface area contributed by atoms with Crippen LogP contribution in [0.25, 0.3) is 0 Å². The summed E-state index contributed by atoms with van der Waals surface area (Å²) < 4.78 is 8.55. The molecule has 0 N–H and O–H groups in total. The molecule has 0 aromatic carbocycles. The largest absolute Gasteiger partial charge is 4.00 e. The van der Waals surface area contributed by atoms with Crippen LogP contribution in [0.15, 0.2) is 0 Å². The molecule has 0 heterocycles. The summed E-state index contributed by atoms with van der Waals surface area (Å²) >= 11 is 0. The van der Waals surface area contributed by atoms with E-state index in [0.29, 0.717) is 0 Å². The molecular weight excluding hydrogens is 352 g/mol. The van der Waals surface area contributed by atoms with Gasteiger partial charge in [0, 0.05) is 0 Å². The molecule has 8 heavy (non-hydrogen) atoms. The summed E-state index contributed by atoms with van der Waals surface area (Å²) in [6.45, 7) is 0. The molecule has 0 aliphatic carbocycles. The van der Waals surface area contributed by atoms with Gasteiger partial charge in [-0.15, -0.1) is 0 Å². The Morgan fingerprint density at radius 3 is 1.12 bits per heavy atom. The van der Waals surface area contributed by atoms with E-state index in [1.807, 2.05) is 0 Å². The summed E-state index contributed by atoms with van der Waals surface area (Å²) in [5.41, 5.74) is 0. The molecule has 32 valence electrons. The van der Waals surface area contributed by atoms with Gasteiger partial charge in [0.05, 0.1) is 0 Å². The zero-order valence-corrected chi connectivity index (χ0v) is 12.6. The Bertz CT molecular complexity index is 62.2. The van der Waals surface area contributed by atoms with E-state index in [1.165, 1.54) is 0 Å². The molecule has 0 aliphatic heterocycles. The third kappa shape index (κ3) is 68.7. The molecular formula is BaO4PSiZr+7. The van der Waals surface area contributed by atoms with E-state index in [9.17, 15) is 0 Å². The SMILES string of the molecule is O=P([O-])([O-])[O-].[Ba+2].[Si+4].[Zr+4]. The van der Waals surface area contributed by atoms with Crippen molar-refractivity contribution < 1.29 is 45.4 Å². The summed E-state index contributed by atoms with van der Waals surface area (Å²) in [6, 6.07) is 0. The molecule has 0 saturated heterocycles. The minimum Gasteiger partial charge on any atom is -0.822 e. The summed E-state index contributed by atoms with van der Waals surface area (Å²) in [4.78, 5) is 25.6. The topological polar surface area (TPSA) is 86.2 Å². The minimum atomic E-state index is -5.39. The Morgan fingerprint density at radius 1 is 1.12 bits per heavy atom. The van der Waals surface area contributed by atoms with Crippen LogP contribution in [0.1, 0.15) is 0 Å². The van der Waals surface area contributed by atoms with Gasteiger partial charge in [0.15, 0.2) is 0 Å². The third-order valence-electron chi connectivity index (χ3n) is 0. The van der Waals surface area contributed by atoms with Crippen LogP contribution >= 0.6 is 7.82 Å². The van der Waals surface area contributed by atoms with Gasteiger partial charge in [-0.1, -0.05) is 0 Å². The maximum absolute atomic E-state index is 8.55. The molecule has 0 amide bonds. The second-order valence-corrected chi connectivity index (χ2v) is 1.34. The van der Waals surface area contributed by atoms with Gasteiger partial charge in [-0.05, 0) is 0 Å². The van der Waals surface area contributed by atoms with E-state index in [2.05, 4.69) is 0 Å². The molecule has 0 radical (unpaired) electrons. The summed E-state index contributed by atoms with van der Waals surface area (Å²) in [5.74, 6) is 0. The van der Waals surface area contributed by atoms with E-state index in [1.54, 1.807) is 0 Å². The fourth-order valence-corrected chi connectivity index (χ4v) is 0. The maximum atomic E-state index is 8.55. The first kappa shape index (κ1) is 22.4. The van der Waals surface area contributed by atoms with Crippen LogP contribution in [0, 0.1) is 0 Å². The van der Waals surface area contributed by atoms with Crippen LogP contribution in [-0.4, -0.2) is 59.8 Å². The van der Waals surface area contributed by atoms with Gasteiger partial charge in [-0.3, -0.25) is 0 Å². The zero-order chi connectivity index (χ0) is 4.50. The standard InChI is InChI=1S/Ba.H3O4P.Si.Zr/c;1-5(2,3)4;;/h;(H3,1,2,3,4);;/q+2;;2*+4/p-3. The van der Waals surface area contributed by atoms with Crippen molar-refractivity contribution in [1.29, 1.82) is 0 Å². The van der Waals surface area contributed by atoms with E-state index in [0.717, 1.165) is 0 Å². The van der Waals surface area contributed by atoms with Crippen molar-refractivity contribution >= 4 is 67.7 Å². The molecule has 0 fully saturated rings. The van der Waals surface area contributed by atoms with E-state index >= 15 is 0 Å². The first-order valence-corrected chi connectivity index (χ1v) is 2.19. The fourth-order valence-electron chi connectivity index (χ4n) is 0. The van der Waals surface area contributed by atoms with Crippen LogP contribution in [0.3, 0.4) is 0 Å². The van der Waals surface area contributed by atoms with Gasteiger partial charge >= 0.3 is 86.0 Å². The van der Waals surface area contributed by atoms with Gasteiger partial charge in [0.2, 0.25) is 0 Å². The smallest absolute Gasteiger partial charge is 0.822 e. The van der Waals surface area contributed by atoms with Crippen molar-refractivity contribution in [3.05, 3.63) is 0 Å². The van der Waals surface area contributed by atoms with Gasteiger partial charge in [0.25, 0.3) is 0 Å². The van der Waals surface area contributed by atoms with Crippen LogP contribution in [0.4, 0.5) is 0 Å². The molecule has 0 bridgehead atoms. The second kappa shape index (κ2) is 9.78. The normalized spacial score (nSPS) is 7.38. The van der Waals surface area contributed by atoms with Crippen molar-refractivity contribution in [3.8, 4) is 0 Å². The Hall–Kier alpha value is 2.78. The van der Waals surface area contributed by atoms with Gasteiger partial charge < -0.3 is 19.2 Å². The average molecular weight is 352 g/mol. The van der Waals surface area contributed by atoms with Gasteiger partial charge in [-0.2, -0.15) is 7.82 Å². The molecule has 8 heteroatoms. The Morgan fingerprint density at radius 2 is 1.12 bits per heavy atom. The number of hydrogen-bond donors (Lipinski definition) is 0. The average Bonchev–Trinajstić information content (AvgIpc) is 0.722. The summed E-state index contributed by atoms with van der Waals surface area (Å²) in [7, 11) is -5.39. The van der Waals surface area contributed by atoms with E-state index < -0.39 is 7.82 Å². The molecule has 4 nitrogen and oxygen atoms in total. The first-order valence-electron chi connectivity index (χ1n) is 0.730. The molecule has 0 saturated carbocycles. The minimum absolute atomic E-state index is 0. The van der Waals surface area contributed by atoms with Crippen molar-refractivity contribution in [3.63, 3.8) is 0 Å². The quantitative estimate of drug-likeness (QED) is 0.333. The molecule has 0 rings (SSSR count). The van der Waals surface area contributed by atoms with Crippen LogP contribution in [-0.2, 0) is 30.8 Å². The van der Waals surface area contributed by atoms with Gasteiger partial charge in [0.1, 0.15) is 0 Å². The Labute approximate surface area is 111 Å². The number of rotatable bonds is 0. The van der Waals surface area contributed by atoms with Crippen LogP contribution < -0.4 is 14.7 Å². The zero-order valence-electron chi connectivity index (χ0n) is 3.79. The summed E-state index contributed by atoms with van der Waals surface area (Å²) in [6.07, 6.45) is 0. The maximum Gasteiger partial charge on any atom is 4.00 e. The monoisotopic (exact) mass is 351 g/mol. The molecule has 0 unspecified atom stereocenters. The number of phosphoric acid groups is 1. The van der Waals surface area contributed by atoms with Crippen molar-refractivity contribution in [2.75, 3.05) is 0 Å². The molecule has 0 spiro atoms. The van der Waals surface area contributed by atoms with E-state index in [-0.39, 0.29) is 86.0 Å². The van der Waals surface area contributed by atoms with Crippen molar-refractivity contribution in [2.45, 2.75) is 0 Å². The molecule has 0 aromatic rings. The molecule has 0 atom stereocenters. The Kier molecular flexibility index (Phi) is 27.4. The predicted octanol–water partition coefficient (Wildman–Crippen LogP) is -3.59. The number of hydrogen-bond acceptors (Lipinski definition) is 4. The van der Waals surface area contributed by atoms with Crippen LogP contribution in [0.5, 0.6) is 0 Å². The Balaban J connectivity index is -0.0000000267. The first-order chi connectivity index (χ1) is 2.00. The van der Waals surface area contributed by atoms with Crippen molar-refractivity contribution in [1.82, 2.24) is 0 Å². The third-order valence-corrected chi connectivity index (χ3v) is 0.